The van der Waals surface area contributed by atoms with Crippen molar-refractivity contribution in [3.05, 3.63) is 58.4 Å². The van der Waals surface area contributed by atoms with E-state index in [-0.39, 0.29) is 11.1 Å². The van der Waals surface area contributed by atoms with Gasteiger partial charge in [-0.05, 0) is 36.9 Å². The van der Waals surface area contributed by atoms with Gasteiger partial charge in [0.1, 0.15) is 17.3 Å². The third-order valence-electron chi connectivity index (χ3n) is 3.32. The lowest BCUT2D eigenvalue weighted by Gasteiger charge is -2.20. The predicted octanol–water partition coefficient (Wildman–Crippen LogP) is 3.81. The Hall–Kier alpha value is -1.78. The summed E-state index contributed by atoms with van der Waals surface area (Å²) >= 11 is 5.87. The number of benzene rings is 2. The first-order valence-corrected chi connectivity index (χ1v) is 6.82. The summed E-state index contributed by atoms with van der Waals surface area (Å²) in [5.41, 5.74) is 1.77. The fraction of sp³-hybridized carbons (Fsp3) is 0.250. The zero-order valence-corrected chi connectivity index (χ0v) is 12.9. The largest absolute Gasteiger partial charge is 0.497 e. The molecule has 0 aliphatic carbocycles. The average Bonchev–Trinajstić information content (AvgIpc) is 2.51. The number of halogens is 2. The summed E-state index contributed by atoms with van der Waals surface area (Å²) in [7, 11) is 5.03. The molecule has 1 atom stereocenters. The van der Waals surface area contributed by atoms with Gasteiger partial charge in [-0.25, -0.2) is 4.39 Å². The van der Waals surface area contributed by atoms with Gasteiger partial charge in [-0.3, -0.25) is 0 Å². The van der Waals surface area contributed by atoms with E-state index < -0.39 is 5.82 Å². The lowest BCUT2D eigenvalue weighted by Crippen LogP contribution is -2.18. The van der Waals surface area contributed by atoms with Crippen LogP contribution in [-0.4, -0.2) is 21.3 Å². The van der Waals surface area contributed by atoms with Crippen LogP contribution >= 0.6 is 11.6 Å². The molecule has 3 nitrogen and oxygen atoms in total. The van der Waals surface area contributed by atoms with Crippen molar-refractivity contribution in [2.45, 2.75) is 6.04 Å². The van der Waals surface area contributed by atoms with E-state index in [1.165, 1.54) is 6.07 Å². The molecule has 5 heteroatoms. The van der Waals surface area contributed by atoms with Gasteiger partial charge in [-0.2, -0.15) is 0 Å². The van der Waals surface area contributed by atoms with Crippen molar-refractivity contribution >= 4 is 11.6 Å². The summed E-state index contributed by atoms with van der Waals surface area (Å²) in [4.78, 5) is 0. The van der Waals surface area contributed by atoms with Crippen molar-refractivity contribution in [3.63, 3.8) is 0 Å². The van der Waals surface area contributed by atoms with Crippen molar-refractivity contribution in [2.24, 2.45) is 0 Å². The molecule has 1 unspecified atom stereocenters. The summed E-state index contributed by atoms with van der Waals surface area (Å²) in [6.45, 7) is 0. The van der Waals surface area contributed by atoms with Gasteiger partial charge in [0.2, 0.25) is 0 Å². The van der Waals surface area contributed by atoms with Crippen LogP contribution in [0, 0.1) is 5.82 Å². The van der Waals surface area contributed by atoms with Crippen LogP contribution in [0.2, 0.25) is 5.02 Å². The molecule has 0 amide bonds. The lowest BCUT2D eigenvalue weighted by molar-refractivity contribution is 0.388. The van der Waals surface area contributed by atoms with E-state index in [0.717, 1.165) is 11.1 Å². The van der Waals surface area contributed by atoms with E-state index >= 15 is 0 Å². The zero-order valence-electron chi connectivity index (χ0n) is 12.1. The van der Waals surface area contributed by atoms with Gasteiger partial charge in [-0.1, -0.05) is 17.7 Å². The number of nitrogens with one attached hydrogen (secondary N) is 1. The number of hydrogen-bond acceptors (Lipinski definition) is 3. The van der Waals surface area contributed by atoms with E-state index in [9.17, 15) is 4.39 Å². The Morgan fingerprint density at radius 3 is 2.43 bits per heavy atom. The number of hydrogen-bond donors (Lipinski definition) is 1. The van der Waals surface area contributed by atoms with Crippen molar-refractivity contribution in [2.75, 3.05) is 21.3 Å². The molecule has 0 aliphatic rings. The first-order valence-electron chi connectivity index (χ1n) is 6.44. The van der Waals surface area contributed by atoms with Gasteiger partial charge in [0.15, 0.2) is 0 Å². The Balaban J connectivity index is 2.47. The summed E-state index contributed by atoms with van der Waals surface area (Å²) in [5, 5.41) is 3.29. The third-order valence-corrected chi connectivity index (χ3v) is 3.61. The molecule has 0 radical (unpaired) electrons. The van der Waals surface area contributed by atoms with Crippen LogP contribution in [0.5, 0.6) is 11.5 Å². The maximum Gasteiger partial charge on any atom is 0.141 e. The SMILES string of the molecule is CNC(c1ccc(F)c(Cl)c1)c1ccc(OC)cc1OC. The zero-order chi connectivity index (χ0) is 15.4. The van der Waals surface area contributed by atoms with Gasteiger partial charge in [0.05, 0.1) is 25.3 Å². The minimum Gasteiger partial charge on any atom is -0.497 e. The smallest absolute Gasteiger partial charge is 0.141 e. The highest BCUT2D eigenvalue weighted by atomic mass is 35.5. The highest BCUT2D eigenvalue weighted by Gasteiger charge is 2.18. The first-order chi connectivity index (χ1) is 10.1. The molecule has 0 heterocycles. The molecular weight excluding hydrogens is 293 g/mol. The minimum absolute atomic E-state index is 0.0974. The normalized spacial score (nSPS) is 12.0. The standard InChI is InChI=1S/C16H17ClFNO2/c1-19-16(10-4-7-14(18)13(17)8-10)12-6-5-11(20-2)9-15(12)21-3/h4-9,16,19H,1-3H3. The summed E-state index contributed by atoms with van der Waals surface area (Å²) in [6, 6.07) is 10.1. The Bertz CT molecular complexity index is 634. The third kappa shape index (κ3) is 3.28. The topological polar surface area (TPSA) is 30.5 Å². The molecule has 0 aromatic heterocycles. The van der Waals surface area contributed by atoms with Gasteiger partial charge >= 0.3 is 0 Å². The van der Waals surface area contributed by atoms with E-state index in [1.807, 2.05) is 25.2 Å². The molecular formula is C16H17ClFNO2. The van der Waals surface area contributed by atoms with Crippen LogP contribution in [-0.2, 0) is 0 Å². The molecule has 112 valence electrons. The summed E-state index contributed by atoms with van der Waals surface area (Å²) in [6.07, 6.45) is 0. The molecule has 0 aliphatic heterocycles. The Kier molecular flexibility index (Phi) is 5.04. The van der Waals surface area contributed by atoms with Crippen LogP contribution in [0.15, 0.2) is 36.4 Å². The van der Waals surface area contributed by atoms with Crippen LogP contribution in [0.3, 0.4) is 0 Å². The average molecular weight is 310 g/mol. The van der Waals surface area contributed by atoms with Crippen LogP contribution < -0.4 is 14.8 Å². The highest BCUT2D eigenvalue weighted by Crippen LogP contribution is 2.33. The second kappa shape index (κ2) is 6.78. The highest BCUT2D eigenvalue weighted by molar-refractivity contribution is 6.30. The molecule has 0 fully saturated rings. The van der Waals surface area contributed by atoms with Gasteiger partial charge in [0.25, 0.3) is 0 Å². The van der Waals surface area contributed by atoms with Gasteiger partial charge in [0, 0.05) is 11.6 Å². The molecule has 2 aromatic rings. The van der Waals surface area contributed by atoms with Crippen molar-refractivity contribution in [1.29, 1.82) is 0 Å². The molecule has 1 N–H and O–H groups in total. The molecule has 2 aromatic carbocycles. The molecule has 21 heavy (non-hydrogen) atoms. The van der Waals surface area contributed by atoms with Gasteiger partial charge < -0.3 is 14.8 Å². The van der Waals surface area contributed by atoms with Crippen molar-refractivity contribution < 1.29 is 13.9 Å². The lowest BCUT2D eigenvalue weighted by atomic mass is 9.97. The summed E-state index contributed by atoms with van der Waals surface area (Å²) in [5.74, 6) is 0.966. The number of methoxy groups -OCH3 is 2. The van der Waals surface area contributed by atoms with E-state index in [4.69, 9.17) is 21.1 Å². The molecule has 0 saturated heterocycles. The maximum absolute atomic E-state index is 13.3. The minimum atomic E-state index is -0.433. The molecule has 0 spiro atoms. The second-order valence-electron chi connectivity index (χ2n) is 4.50. The van der Waals surface area contributed by atoms with E-state index in [0.29, 0.717) is 11.5 Å². The molecule has 0 bridgehead atoms. The van der Waals surface area contributed by atoms with E-state index in [1.54, 1.807) is 26.4 Å². The summed E-state index contributed by atoms with van der Waals surface area (Å²) < 4.78 is 23.9. The monoisotopic (exact) mass is 309 g/mol. The van der Waals surface area contributed by atoms with Crippen molar-refractivity contribution in [1.82, 2.24) is 5.32 Å². The Morgan fingerprint density at radius 2 is 1.86 bits per heavy atom. The van der Waals surface area contributed by atoms with Crippen LogP contribution in [0.4, 0.5) is 4.39 Å². The molecule has 0 saturated carbocycles. The van der Waals surface area contributed by atoms with Crippen molar-refractivity contribution in [3.8, 4) is 11.5 Å². The number of ether oxygens (including phenoxy) is 2. The fourth-order valence-corrected chi connectivity index (χ4v) is 2.44. The Morgan fingerprint density at radius 1 is 1.10 bits per heavy atom. The second-order valence-corrected chi connectivity index (χ2v) is 4.91. The predicted molar refractivity (Wildman–Crippen MR) is 81.9 cm³/mol. The molecule has 2 rings (SSSR count). The van der Waals surface area contributed by atoms with E-state index in [2.05, 4.69) is 5.32 Å². The van der Waals surface area contributed by atoms with Crippen LogP contribution in [0.1, 0.15) is 17.2 Å². The van der Waals surface area contributed by atoms with Crippen LogP contribution in [0.25, 0.3) is 0 Å². The number of rotatable bonds is 5. The Labute approximate surface area is 128 Å². The fourth-order valence-electron chi connectivity index (χ4n) is 2.25. The first kappa shape index (κ1) is 15.6. The van der Waals surface area contributed by atoms with Gasteiger partial charge in [-0.15, -0.1) is 0 Å². The maximum atomic E-state index is 13.3. The quantitative estimate of drug-likeness (QED) is 0.911.